The molecule has 0 spiro atoms. The van der Waals surface area contributed by atoms with Gasteiger partial charge in [-0.15, -0.1) is 0 Å². The second kappa shape index (κ2) is 4.95. The van der Waals surface area contributed by atoms with Crippen LogP contribution < -0.4 is 0 Å². The summed E-state index contributed by atoms with van der Waals surface area (Å²) in [6.45, 7) is 0. The van der Waals surface area contributed by atoms with E-state index in [1.807, 2.05) is 24.3 Å². The summed E-state index contributed by atoms with van der Waals surface area (Å²) >= 11 is 5.69. The number of halogens is 1. The maximum absolute atomic E-state index is 9.98. The summed E-state index contributed by atoms with van der Waals surface area (Å²) in [6.07, 6.45) is 2.33. The van der Waals surface area contributed by atoms with Gasteiger partial charge in [0, 0.05) is 17.7 Å². The Morgan fingerprint density at radius 2 is 2.08 bits per heavy atom. The molecule has 1 rings (SSSR count). The second-order valence-electron chi connectivity index (χ2n) is 2.23. The average molecular weight is 197 g/mol. The Hall–Kier alpha value is -0.803. The lowest BCUT2D eigenvalue weighted by Crippen LogP contribution is -1.85. The Morgan fingerprint density at radius 3 is 2.67 bits per heavy atom. The van der Waals surface area contributed by atoms with E-state index < -0.39 is 9.57 Å². The SMILES string of the molecule is O=[Si]/N=C/Cc1ccc(Cl)cc1. The molecular formula is C8H7ClNOSi. The lowest BCUT2D eigenvalue weighted by Gasteiger charge is -1.94. The summed E-state index contributed by atoms with van der Waals surface area (Å²) in [7, 11) is -0.599. The lowest BCUT2D eigenvalue weighted by molar-refractivity contribution is 0.578. The molecule has 0 saturated heterocycles. The fraction of sp³-hybridized carbons (Fsp3) is 0.125. The van der Waals surface area contributed by atoms with Crippen LogP contribution in [0.5, 0.6) is 0 Å². The highest BCUT2D eigenvalue weighted by Crippen LogP contribution is 2.08. The molecule has 0 aliphatic carbocycles. The van der Waals surface area contributed by atoms with Crippen LogP contribution in [0.1, 0.15) is 5.56 Å². The molecule has 0 atom stereocenters. The Morgan fingerprint density at radius 1 is 1.42 bits per heavy atom. The van der Waals surface area contributed by atoms with Crippen LogP contribution in [-0.2, 0) is 10.9 Å². The van der Waals surface area contributed by atoms with Crippen molar-refractivity contribution in [2.24, 2.45) is 4.66 Å². The number of hydrogen-bond acceptors (Lipinski definition) is 1. The van der Waals surface area contributed by atoms with Gasteiger partial charge < -0.3 is 4.46 Å². The predicted octanol–water partition coefficient (Wildman–Crippen LogP) is 1.92. The summed E-state index contributed by atoms with van der Waals surface area (Å²) in [5, 5.41) is 0.724. The van der Waals surface area contributed by atoms with Crippen molar-refractivity contribution in [3.63, 3.8) is 0 Å². The molecule has 4 heteroatoms. The Labute approximate surface area is 78.2 Å². The Balaban J connectivity index is 2.58. The molecule has 0 bridgehead atoms. The van der Waals surface area contributed by atoms with Crippen LogP contribution in [0.3, 0.4) is 0 Å². The molecule has 2 nitrogen and oxygen atoms in total. The van der Waals surface area contributed by atoms with Crippen molar-refractivity contribution in [1.82, 2.24) is 0 Å². The van der Waals surface area contributed by atoms with E-state index in [4.69, 9.17) is 11.6 Å². The fourth-order valence-electron chi connectivity index (χ4n) is 0.809. The monoisotopic (exact) mass is 196 g/mol. The zero-order chi connectivity index (χ0) is 8.81. The highest BCUT2D eigenvalue weighted by molar-refractivity contribution is 6.30. The minimum Gasteiger partial charge on any atom is -0.352 e. The average Bonchev–Trinajstić information content (AvgIpc) is 2.09. The molecule has 1 aromatic rings. The minimum absolute atomic E-state index is 0.599. The van der Waals surface area contributed by atoms with Gasteiger partial charge in [0.25, 0.3) is 0 Å². The van der Waals surface area contributed by atoms with Crippen LogP contribution in [0, 0.1) is 0 Å². The third-order valence-electron chi connectivity index (χ3n) is 1.38. The fourth-order valence-corrected chi connectivity index (χ4v) is 1.10. The van der Waals surface area contributed by atoms with Gasteiger partial charge in [-0.25, -0.2) is 0 Å². The molecule has 1 aromatic carbocycles. The van der Waals surface area contributed by atoms with E-state index in [-0.39, 0.29) is 0 Å². The third-order valence-corrected chi connectivity index (χ3v) is 1.92. The zero-order valence-electron chi connectivity index (χ0n) is 6.33. The van der Waals surface area contributed by atoms with E-state index in [0.29, 0.717) is 6.42 Å². The molecule has 0 saturated carbocycles. The molecule has 0 aliphatic heterocycles. The van der Waals surface area contributed by atoms with Crippen LogP contribution in [0.2, 0.25) is 5.02 Å². The third kappa shape index (κ3) is 3.07. The normalized spacial score (nSPS) is 10.4. The van der Waals surface area contributed by atoms with Gasteiger partial charge >= 0.3 is 9.57 Å². The molecule has 0 unspecified atom stereocenters. The molecule has 0 fully saturated rings. The maximum Gasteiger partial charge on any atom is 0.491 e. The van der Waals surface area contributed by atoms with Crippen molar-refractivity contribution in [3.8, 4) is 0 Å². The van der Waals surface area contributed by atoms with E-state index in [9.17, 15) is 4.46 Å². The highest BCUT2D eigenvalue weighted by atomic mass is 35.5. The van der Waals surface area contributed by atoms with Gasteiger partial charge in [0.05, 0.1) is 0 Å². The van der Waals surface area contributed by atoms with E-state index >= 15 is 0 Å². The molecule has 0 aromatic heterocycles. The summed E-state index contributed by atoms with van der Waals surface area (Å²) in [5.41, 5.74) is 1.11. The van der Waals surface area contributed by atoms with Gasteiger partial charge in [-0.05, 0) is 17.7 Å². The van der Waals surface area contributed by atoms with Crippen LogP contribution in [0.4, 0.5) is 0 Å². The predicted molar refractivity (Wildman–Crippen MR) is 50.1 cm³/mol. The van der Waals surface area contributed by atoms with E-state index in [1.54, 1.807) is 6.21 Å². The second-order valence-corrected chi connectivity index (χ2v) is 3.11. The van der Waals surface area contributed by atoms with Gasteiger partial charge in [0.2, 0.25) is 0 Å². The first kappa shape index (κ1) is 9.29. The highest BCUT2D eigenvalue weighted by Gasteiger charge is 1.89. The quantitative estimate of drug-likeness (QED) is 0.537. The first-order valence-electron chi connectivity index (χ1n) is 3.46. The van der Waals surface area contributed by atoms with E-state index in [2.05, 4.69) is 4.66 Å². The zero-order valence-corrected chi connectivity index (χ0v) is 8.08. The minimum atomic E-state index is -0.599. The number of benzene rings is 1. The van der Waals surface area contributed by atoms with E-state index in [0.717, 1.165) is 10.6 Å². The van der Waals surface area contributed by atoms with Crippen LogP contribution in [0.15, 0.2) is 28.9 Å². The van der Waals surface area contributed by atoms with Crippen molar-refractivity contribution in [1.29, 1.82) is 0 Å². The maximum atomic E-state index is 9.98. The van der Waals surface area contributed by atoms with Crippen molar-refractivity contribution in [3.05, 3.63) is 34.9 Å². The summed E-state index contributed by atoms with van der Waals surface area (Å²) in [4.78, 5) is 0. The lowest BCUT2D eigenvalue weighted by atomic mass is 10.2. The summed E-state index contributed by atoms with van der Waals surface area (Å²) in [5.74, 6) is 0. The first-order chi connectivity index (χ1) is 5.83. The van der Waals surface area contributed by atoms with Gasteiger partial charge in [-0.3, -0.25) is 4.66 Å². The van der Waals surface area contributed by atoms with Gasteiger partial charge in [0.1, 0.15) is 0 Å². The summed E-state index contributed by atoms with van der Waals surface area (Å²) < 4.78 is 13.6. The molecular weight excluding hydrogens is 190 g/mol. The molecule has 0 N–H and O–H groups in total. The molecule has 0 aliphatic rings. The summed E-state index contributed by atoms with van der Waals surface area (Å²) in [6, 6.07) is 7.49. The Bertz CT molecular complexity index is 284. The van der Waals surface area contributed by atoms with Crippen LogP contribution >= 0.6 is 11.6 Å². The molecule has 0 amide bonds. The number of nitrogens with zero attached hydrogens (tertiary/aromatic N) is 1. The topological polar surface area (TPSA) is 29.4 Å². The van der Waals surface area contributed by atoms with Crippen molar-refractivity contribution < 1.29 is 4.46 Å². The van der Waals surface area contributed by atoms with Gasteiger partial charge in [-0.2, -0.15) is 0 Å². The van der Waals surface area contributed by atoms with Crippen molar-refractivity contribution in [2.75, 3.05) is 0 Å². The largest absolute Gasteiger partial charge is 0.491 e. The smallest absolute Gasteiger partial charge is 0.352 e. The molecule has 1 radical (unpaired) electrons. The van der Waals surface area contributed by atoms with Crippen molar-refractivity contribution in [2.45, 2.75) is 6.42 Å². The molecule has 12 heavy (non-hydrogen) atoms. The van der Waals surface area contributed by atoms with Gasteiger partial charge in [0.15, 0.2) is 0 Å². The van der Waals surface area contributed by atoms with Crippen molar-refractivity contribution >= 4 is 27.4 Å². The van der Waals surface area contributed by atoms with E-state index in [1.165, 1.54) is 0 Å². The van der Waals surface area contributed by atoms with Gasteiger partial charge in [-0.1, -0.05) is 23.7 Å². The Kier molecular flexibility index (Phi) is 3.83. The number of hydrogen-bond donors (Lipinski definition) is 0. The first-order valence-corrected chi connectivity index (χ1v) is 4.69. The standard InChI is InChI=1S/C8H7ClNOSi/c9-8-3-1-7(2-4-8)5-6-10-12-11/h1-4,6H,5H2/b10-6+. The van der Waals surface area contributed by atoms with Crippen LogP contribution in [-0.4, -0.2) is 15.8 Å². The number of rotatable bonds is 3. The van der Waals surface area contributed by atoms with Crippen LogP contribution in [0.25, 0.3) is 0 Å². The molecule has 61 valence electrons. The molecule has 0 heterocycles.